The number of aliphatic hydroxyl groups is 5. The van der Waals surface area contributed by atoms with Gasteiger partial charge in [0.15, 0.2) is 35.4 Å². The highest BCUT2D eigenvalue weighted by Gasteiger charge is 2.52. The Labute approximate surface area is 269 Å². The number of benzene rings is 2. The number of carboxylic acids is 1. The van der Waals surface area contributed by atoms with Gasteiger partial charge in [0, 0.05) is 23.8 Å². The van der Waals surface area contributed by atoms with Crippen LogP contribution in [0.5, 0.6) is 23.0 Å². The molecular formula is C30H32O18. The molecule has 0 unspecified atom stereocenters. The molecule has 260 valence electrons. The van der Waals surface area contributed by atoms with Crippen LogP contribution >= 0.6 is 0 Å². The van der Waals surface area contributed by atoms with Crippen LogP contribution < -0.4 is 10.2 Å². The van der Waals surface area contributed by atoms with Crippen molar-refractivity contribution >= 4 is 22.9 Å². The Morgan fingerprint density at radius 1 is 0.833 bits per heavy atom. The second-order valence-corrected chi connectivity index (χ2v) is 11.1. The number of phenols is 3. The Bertz CT molecular complexity index is 1720. The Kier molecular flexibility index (Phi) is 10.1. The van der Waals surface area contributed by atoms with Crippen LogP contribution in [0.25, 0.3) is 22.3 Å². The molecule has 10 atom stereocenters. The summed E-state index contributed by atoms with van der Waals surface area (Å²) in [4.78, 5) is 35.5. The molecule has 0 bridgehead atoms. The predicted octanol–water partition coefficient (Wildman–Crippen LogP) is -1.37. The number of fused-ring (bicyclic) bond motifs is 1. The van der Waals surface area contributed by atoms with Gasteiger partial charge in [0.05, 0.1) is 12.7 Å². The maximum Gasteiger partial charge on any atom is 0.317 e. The van der Waals surface area contributed by atoms with E-state index in [0.717, 1.165) is 18.2 Å². The summed E-state index contributed by atoms with van der Waals surface area (Å²) in [5.74, 6) is -4.50. The predicted molar refractivity (Wildman–Crippen MR) is 155 cm³/mol. The maximum absolute atomic E-state index is 12.9. The van der Waals surface area contributed by atoms with Crippen molar-refractivity contribution in [1.82, 2.24) is 0 Å². The molecule has 2 aliphatic rings. The van der Waals surface area contributed by atoms with Gasteiger partial charge in [-0.2, -0.15) is 0 Å². The molecule has 0 saturated carbocycles. The van der Waals surface area contributed by atoms with E-state index in [1.165, 1.54) is 25.1 Å². The highest BCUT2D eigenvalue weighted by molar-refractivity contribution is 5.90. The summed E-state index contributed by atoms with van der Waals surface area (Å²) in [7, 11) is 0. The van der Waals surface area contributed by atoms with Crippen molar-refractivity contribution in [3.63, 3.8) is 0 Å². The molecule has 18 heteroatoms. The van der Waals surface area contributed by atoms with E-state index in [1.54, 1.807) is 0 Å². The number of carbonyl (C=O) groups is 2. The number of carboxylic acid groups (broad SMARTS) is 1. The fourth-order valence-electron chi connectivity index (χ4n) is 5.31. The molecule has 0 spiro atoms. The van der Waals surface area contributed by atoms with Crippen LogP contribution in [0, 0.1) is 0 Å². The Morgan fingerprint density at radius 2 is 1.54 bits per heavy atom. The summed E-state index contributed by atoms with van der Waals surface area (Å²) in [5, 5.41) is 91.3. The van der Waals surface area contributed by atoms with Crippen LogP contribution in [0.3, 0.4) is 0 Å². The zero-order valence-corrected chi connectivity index (χ0v) is 24.9. The first-order chi connectivity index (χ1) is 22.7. The highest BCUT2D eigenvalue weighted by Crippen LogP contribution is 2.36. The van der Waals surface area contributed by atoms with Gasteiger partial charge in [-0.25, -0.2) is 0 Å². The van der Waals surface area contributed by atoms with E-state index >= 15 is 0 Å². The quantitative estimate of drug-likeness (QED) is 0.0716. The zero-order valence-electron chi connectivity index (χ0n) is 24.9. The number of aromatic hydroxyl groups is 3. The monoisotopic (exact) mass is 680 g/mol. The van der Waals surface area contributed by atoms with Gasteiger partial charge in [-0.05, 0) is 25.1 Å². The fraction of sp³-hybridized carbons (Fsp3) is 0.433. The van der Waals surface area contributed by atoms with Crippen LogP contribution in [0.1, 0.15) is 13.3 Å². The minimum atomic E-state index is -1.96. The number of rotatable bonds is 9. The molecule has 0 aliphatic carbocycles. The number of phenolic OH excluding ortho intramolecular Hbond substituents is 3. The van der Waals surface area contributed by atoms with Gasteiger partial charge in [-0.15, -0.1) is 0 Å². The van der Waals surface area contributed by atoms with Crippen molar-refractivity contribution in [3.05, 3.63) is 46.6 Å². The largest absolute Gasteiger partial charge is 0.507 e. The highest BCUT2D eigenvalue weighted by atomic mass is 16.8. The van der Waals surface area contributed by atoms with Crippen molar-refractivity contribution in [3.8, 4) is 34.3 Å². The molecule has 1 aromatic heterocycles. The van der Waals surface area contributed by atoms with Gasteiger partial charge >= 0.3 is 11.9 Å². The van der Waals surface area contributed by atoms with Crippen molar-refractivity contribution < 1.29 is 83.6 Å². The number of hydrogen-bond acceptors (Lipinski definition) is 17. The second-order valence-electron chi connectivity index (χ2n) is 11.1. The molecule has 2 aliphatic heterocycles. The summed E-state index contributed by atoms with van der Waals surface area (Å²) < 4.78 is 33.4. The minimum Gasteiger partial charge on any atom is -0.507 e. The van der Waals surface area contributed by atoms with Crippen LogP contribution in [-0.2, 0) is 28.5 Å². The first-order valence-corrected chi connectivity index (χ1v) is 14.4. The van der Waals surface area contributed by atoms with E-state index in [2.05, 4.69) is 0 Å². The number of esters is 1. The van der Waals surface area contributed by atoms with Crippen molar-refractivity contribution in [2.45, 2.75) is 74.8 Å². The average Bonchev–Trinajstić information content (AvgIpc) is 3.01. The molecule has 5 rings (SSSR count). The molecule has 48 heavy (non-hydrogen) atoms. The lowest BCUT2D eigenvalue weighted by Gasteiger charge is -2.46. The molecule has 9 N–H and O–H groups in total. The molecule has 18 nitrogen and oxygen atoms in total. The summed E-state index contributed by atoms with van der Waals surface area (Å²) in [6, 6.07) is 6.89. The molecule has 3 heterocycles. The Balaban J connectivity index is 1.42. The van der Waals surface area contributed by atoms with Gasteiger partial charge in [-0.3, -0.25) is 14.4 Å². The number of carbonyl (C=O) groups excluding carboxylic acids is 1. The lowest BCUT2D eigenvalue weighted by atomic mass is 9.97. The standard InChI is InChI=1S/C30H32O18/c1-10-27(47-21(38)8-20(36)37)25(41)26(42)29(43-10)48-28-24(40)23(39)19(9-31)46-30(28)44-12-5-15(34)22-16(35)7-17(45-18(22)6-12)11-2-3-13(32)14(33)4-11/h2-7,10,19,23-34,39-42H,8-9H2,1H3,(H,36,37)/t10-,19-,23-,24+,25+,26-,27-,28-,29-,30-/m0/s1. The van der Waals surface area contributed by atoms with Crippen molar-refractivity contribution in [2.24, 2.45) is 0 Å². The van der Waals surface area contributed by atoms with Gasteiger partial charge in [0.2, 0.25) is 6.29 Å². The zero-order chi connectivity index (χ0) is 35.0. The smallest absolute Gasteiger partial charge is 0.317 e. The lowest BCUT2D eigenvalue weighted by Crippen LogP contribution is -2.65. The van der Waals surface area contributed by atoms with E-state index in [-0.39, 0.29) is 28.0 Å². The van der Waals surface area contributed by atoms with Crippen molar-refractivity contribution in [2.75, 3.05) is 6.61 Å². The maximum atomic E-state index is 12.9. The normalized spacial score (nSPS) is 30.5. The Hall–Kier alpha value is -4.53. The van der Waals surface area contributed by atoms with Gasteiger partial charge < -0.3 is 74.1 Å². The molecule has 3 aromatic rings. The third kappa shape index (κ3) is 7.00. The summed E-state index contributed by atoms with van der Waals surface area (Å²) >= 11 is 0. The van der Waals surface area contributed by atoms with E-state index in [1.807, 2.05) is 0 Å². The third-order valence-electron chi connectivity index (χ3n) is 7.75. The third-order valence-corrected chi connectivity index (χ3v) is 7.75. The van der Waals surface area contributed by atoms with Crippen molar-refractivity contribution in [1.29, 1.82) is 0 Å². The lowest BCUT2D eigenvalue weighted by molar-refractivity contribution is -0.355. The fourth-order valence-corrected chi connectivity index (χ4v) is 5.31. The SMILES string of the molecule is C[C@@H]1O[C@@H](O[C@@H]2[C@@H](Oc3cc(O)c4c(=O)cc(-c5ccc(O)c(O)c5)oc4c3)O[C@@H](CO)[C@H](O)[C@H]2O)[C@@H](O)[C@@H](O)[C@H]1OC(=O)CC(=O)O. The summed E-state index contributed by atoms with van der Waals surface area (Å²) in [5.41, 5.74) is -0.692. The molecule has 0 amide bonds. The summed E-state index contributed by atoms with van der Waals surface area (Å²) in [6.45, 7) is 0.523. The van der Waals surface area contributed by atoms with Crippen LogP contribution in [0.2, 0.25) is 0 Å². The topological polar surface area (TPSA) is 293 Å². The minimum absolute atomic E-state index is 0.0589. The average molecular weight is 681 g/mol. The van der Waals surface area contributed by atoms with E-state index in [9.17, 15) is 55.2 Å². The van der Waals surface area contributed by atoms with Gasteiger partial charge in [-0.1, -0.05) is 0 Å². The van der Waals surface area contributed by atoms with Gasteiger partial charge in [0.25, 0.3) is 0 Å². The molecule has 2 saturated heterocycles. The molecule has 0 radical (unpaired) electrons. The van der Waals surface area contributed by atoms with E-state index in [4.69, 9.17) is 33.2 Å². The first-order valence-electron chi connectivity index (χ1n) is 14.4. The van der Waals surface area contributed by atoms with Crippen LogP contribution in [0.15, 0.2) is 45.6 Å². The van der Waals surface area contributed by atoms with Gasteiger partial charge in [0.1, 0.15) is 65.2 Å². The molecule has 2 aromatic carbocycles. The first kappa shape index (κ1) is 34.8. The second kappa shape index (κ2) is 13.9. The van der Waals surface area contributed by atoms with E-state index in [0.29, 0.717) is 0 Å². The number of ether oxygens (including phenoxy) is 5. The number of aliphatic carboxylic acids is 1. The number of aliphatic hydroxyl groups excluding tert-OH is 5. The van der Waals surface area contributed by atoms with Crippen LogP contribution in [0.4, 0.5) is 0 Å². The summed E-state index contributed by atoms with van der Waals surface area (Å²) in [6.07, 6.45) is -17.8. The molecular weight excluding hydrogens is 648 g/mol. The Morgan fingerprint density at radius 3 is 2.21 bits per heavy atom. The molecule has 2 fully saturated rings. The number of hydrogen-bond donors (Lipinski definition) is 9. The van der Waals surface area contributed by atoms with Crippen LogP contribution in [-0.4, -0.2) is 126 Å². The van der Waals surface area contributed by atoms with E-state index < -0.39 is 109 Å².